The lowest BCUT2D eigenvalue weighted by atomic mass is 9.82. The maximum Gasteiger partial charge on any atom is 0.158 e. The topological polar surface area (TPSA) is 89.3 Å². The summed E-state index contributed by atoms with van der Waals surface area (Å²) in [5.41, 5.74) is 9.45. The molecule has 0 amide bonds. The van der Waals surface area contributed by atoms with E-state index in [-0.39, 0.29) is 23.4 Å². The summed E-state index contributed by atoms with van der Waals surface area (Å²) in [7, 11) is 0. The molecule has 5 aromatic rings. The third kappa shape index (κ3) is 2.85. The van der Waals surface area contributed by atoms with Crippen molar-refractivity contribution in [1.82, 2.24) is 19.4 Å². The van der Waals surface area contributed by atoms with Gasteiger partial charge in [-0.15, -0.1) is 0 Å². The highest BCUT2D eigenvalue weighted by Gasteiger charge is 2.33. The van der Waals surface area contributed by atoms with Crippen LogP contribution in [-0.2, 0) is 0 Å². The number of fused-ring (bicyclic) bond motifs is 2. The van der Waals surface area contributed by atoms with Gasteiger partial charge in [0.2, 0.25) is 0 Å². The first-order chi connectivity index (χ1) is 15.6. The molecule has 32 heavy (non-hydrogen) atoms. The van der Waals surface area contributed by atoms with Crippen LogP contribution < -0.4 is 5.73 Å². The van der Waals surface area contributed by atoms with Crippen LogP contribution in [-0.4, -0.2) is 30.6 Å². The third-order valence-corrected chi connectivity index (χ3v) is 6.21. The molecular formula is C25H20FN5O. The molecule has 1 aliphatic carbocycles. The number of pyridine rings is 1. The number of aliphatic hydroxyl groups excluding tert-OH is 1. The number of nitrogens with two attached hydrogens (primary N) is 1. The van der Waals surface area contributed by atoms with Gasteiger partial charge in [0.05, 0.1) is 11.8 Å². The van der Waals surface area contributed by atoms with Crippen LogP contribution in [0.5, 0.6) is 0 Å². The summed E-state index contributed by atoms with van der Waals surface area (Å²) in [5, 5.41) is 10.5. The van der Waals surface area contributed by atoms with Gasteiger partial charge in [0.25, 0.3) is 0 Å². The summed E-state index contributed by atoms with van der Waals surface area (Å²) in [4.78, 5) is 13.6. The lowest BCUT2D eigenvalue weighted by molar-refractivity contribution is 0.0715. The van der Waals surface area contributed by atoms with Crippen molar-refractivity contribution in [2.24, 2.45) is 0 Å². The number of hydrogen-bond donors (Lipinski definition) is 2. The van der Waals surface area contributed by atoms with E-state index in [1.807, 2.05) is 52.9 Å². The number of nitrogens with zero attached hydrogens (tertiary/aromatic N) is 4. The van der Waals surface area contributed by atoms with Gasteiger partial charge in [-0.3, -0.25) is 4.40 Å². The molecule has 0 spiro atoms. The van der Waals surface area contributed by atoms with Crippen LogP contribution in [0.25, 0.3) is 38.9 Å². The molecule has 3 N–H and O–H groups in total. The predicted molar refractivity (Wildman–Crippen MR) is 122 cm³/mol. The molecule has 1 aliphatic rings. The Morgan fingerprint density at radius 1 is 1.00 bits per heavy atom. The van der Waals surface area contributed by atoms with Gasteiger partial charge in [0.15, 0.2) is 5.82 Å². The molecule has 6 nitrogen and oxygen atoms in total. The van der Waals surface area contributed by atoms with E-state index in [0.29, 0.717) is 40.7 Å². The van der Waals surface area contributed by atoms with Crippen molar-refractivity contribution in [3.63, 3.8) is 0 Å². The van der Waals surface area contributed by atoms with Crippen molar-refractivity contribution in [3.8, 4) is 22.5 Å². The SMILES string of the molecule is Nc1nccn2c(C3CC(O)C3)nc(-c3ccc4ccc(-c5ccccc5)nc4c3F)c12. The van der Waals surface area contributed by atoms with E-state index in [0.717, 1.165) is 11.4 Å². The summed E-state index contributed by atoms with van der Waals surface area (Å²) in [5.74, 6) is 0.703. The zero-order valence-electron chi connectivity index (χ0n) is 17.1. The number of benzene rings is 2. The molecule has 7 heteroatoms. The molecule has 3 heterocycles. The van der Waals surface area contributed by atoms with Crippen LogP contribution in [0.4, 0.5) is 10.2 Å². The first kappa shape index (κ1) is 18.9. The molecule has 3 aromatic heterocycles. The van der Waals surface area contributed by atoms with E-state index >= 15 is 4.39 Å². The molecule has 1 fully saturated rings. The smallest absolute Gasteiger partial charge is 0.158 e. The number of rotatable bonds is 3. The van der Waals surface area contributed by atoms with Crippen molar-refractivity contribution >= 4 is 22.2 Å². The van der Waals surface area contributed by atoms with Crippen LogP contribution >= 0.6 is 0 Å². The van der Waals surface area contributed by atoms with Crippen molar-refractivity contribution < 1.29 is 9.50 Å². The predicted octanol–water partition coefficient (Wildman–Crippen LogP) is 4.57. The molecule has 158 valence electrons. The van der Waals surface area contributed by atoms with E-state index in [1.54, 1.807) is 18.5 Å². The van der Waals surface area contributed by atoms with Gasteiger partial charge in [-0.2, -0.15) is 0 Å². The van der Waals surface area contributed by atoms with E-state index in [2.05, 4.69) is 9.97 Å². The van der Waals surface area contributed by atoms with E-state index in [4.69, 9.17) is 10.7 Å². The van der Waals surface area contributed by atoms with Crippen LogP contribution in [0.15, 0.2) is 67.0 Å². The van der Waals surface area contributed by atoms with E-state index in [1.165, 1.54) is 0 Å². The Morgan fingerprint density at radius 2 is 1.78 bits per heavy atom. The Hall–Kier alpha value is -3.84. The summed E-state index contributed by atoms with van der Waals surface area (Å²) in [6, 6.07) is 17.0. The van der Waals surface area contributed by atoms with E-state index < -0.39 is 5.82 Å². The molecule has 1 saturated carbocycles. The highest BCUT2D eigenvalue weighted by molar-refractivity contribution is 5.92. The fraction of sp³-hybridized carbons (Fsp3) is 0.160. The second kappa shape index (κ2) is 7.10. The minimum Gasteiger partial charge on any atom is -0.393 e. The summed E-state index contributed by atoms with van der Waals surface area (Å²) in [6.07, 6.45) is 4.32. The van der Waals surface area contributed by atoms with Crippen molar-refractivity contribution in [3.05, 3.63) is 78.6 Å². The lowest BCUT2D eigenvalue weighted by Gasteiger charge is -2.30. The minimum absolute atomic E-state index is 0.0966. The number of nitrogen functional groups attached to an aromatic ring is 1. The van der Waals surface area contributed by atoms with Gasteiger partial charge < -0.3 is 10.8 Å². The summed E-state index contributed by atoms with van der Waals surface area (Å²) in [6.45, 7) is 0. The van der Waals surface area contributed by atoms with Gasteiger partial charge in [0, 0.05) is 34.8 Å². The Balaban J connectivity index is 1.56. The lowest BCUT2D eigenvalue weighted by Crippen LogP contribution is -2.27. The molecule has 2 aromatic carbocycles. The monoisotopic (exact) mass is 425 g/mol. The van der Waals surface area contributed by atoms with Gasteiger partial charge >= 0.3 is 0 Å². The minimum atomic E-state index is -0.441. The zero-order valence-corrected chi connectivity index (χ0v) is 17.1. The van der Waals surface area contributed by atoms with E-state index in [9.17, 15) is 5.11 Å². The van der Waals surface area contributed by atoms with Crippen LogP contribution in [0.1, 0.15) is 24.6 Å². The molecule has 0 unspecified atom stereocenters. The van der Waals surface area contributed by atoms with Crippen molar-refractivity contribution in [1.29, 1.82) is 0 Å². The van der Waals surface area contributed by atoms with Crippen LogP contribution in [0.2, 0.25) is 0 Å². The standard InChI is InChI=1S/C25H20FN5O/c26-20-18(8-6-15-7-9-19(29-21(15)20)14-4-2-1-3-5-14)22-23-24(27)28-10-11-31(23)25(30-22)16-12-17(32)13-16/h1-11,16-17,32H,12-13H2,(H2,27,28). The molecule has 0 bridgehead atoms. The average molecular weight is 425 g/mol. The molecular weight excluding hydrogens is 405 g/mol. The normalized spacial score (nSPS) is 18.2. The first-order valence-corrected chi connectivity index (χ1v) is 10.6. The molecule has 0 saturated heterocycles. The number of imidazole rings is 1. The Kier molecular flexibility index (Phi) is 4.19. The van der Waals surface area contributed by atoms with Crippen LogP contribution in [0.3, 0.4) is 0 Å². The zero-order chi connectivity index (χ0) is 21.8. The summed E-state index contributed by atoms with van der Waals surface area (Å²) >= 11 is 0. The fourth-order valence-electron chi connectivity index (χ4n) is 4.47. The van der Waals surface area contributed by atoms with Gasteiger partial charge in [0.1, 0.15) is 28.4 Å². The maximum absolute atomic E-state index is 15.9. The second-order valence-corrected chi connectivity index (χ2v) is 8.23. The largest absolute Gasteiger partial charge is 0.393 e. The molecule has 0 atom stereocenters. The highest BCUT2D eigenvalue weighted by Crippen LogP contribution is 2.40. The Bertz CT molecular complexity index is 1470. The third-order valence-electron chi connectivity index (χ3n) is 6.21. The average Bonchev–Trinajstić information content (AvgIpc) is 3.18. The Morgan fingerprint density at radius 3 is 2.56 bits per heavy atom. The maximum atomic E-state index is 15.9. The second-order valence-electron chi connectivity index (χ2n) is 8.23. The quantitative estimate of drug-likeness (QED) is 0.442. The molecule has 0 aliphatic heterocycles. The number of anilines is 1. The fourth-order valence-corrected chi connectivity index (χ4v) is 4.47. The summed E-state index contributed by atoms with van der Waals surface area (Å²) < 4.78 is 17.7. The van der Waals surface area contributed by atoms with Gasteiger partial charge in [-0.05, 0) is 25.0 Å². The van der Waals surface area contributed by atoms with Crippen molar-refractivity contribution in [2.75, 3.05) is 5.73 Å². The molecule has 6 rings (SSSR count). The number of halogens is 1. The first-order valence-electron chi connectivity index (χ1n) is 10.6. The van der Waals surface area contributed by atoms with Crippen LogP contribution in [0, 0.1) is 5.82 Å². The molecule has 0 radical (unpaired) electrons. The van der Waals surface area contributed by atoms with Crippen molar-refractivity contribution in [2.45, 2.75) is 24.9 Å². The van der Waals surface area contributed by atoms with Gasteiger partial charge in [-0.25, -0.2) is 19.3 Å². The van der Waals surface area contributed by atoms with Gasteiger partial charge in [-0.1, -0.05) is 42.5 Å². The Labute approximate surface area is 183 Å². The number of aliphatic hydroxyl groups is 1. The highest BCUT2D eigenvalue weighted by atomic mass is 19.1. The number of hydrogen-bond acceptors (Lipinski definition) is 5. The number of aromatic nitrogens is 4.